The summed E-state index contributed by atoms with van der Waals surface area (Å²) >= 11 is 5.85. The van der Waals surface area contributed by atoms with Crippen molar-refractivity contribution in [1.82, 2.24) is 19.9 Å². The van der Waals surface area contributed by atoms with Gasteiger partial charge in [-0.1, -0.05) is 11.6 Å². The van der Waals surface area contributed by atoms with Gasteiger partial charge in [-0.3, -0.25) is 4.90 Å². The molecule has 0 aliphatic carbocycles. The molecule has 0 bridgehead atoms. The second kappa shape index (κ2) is 7.69. The lowest BCUT2D eigenvalue weighted by molar-refractivity contribution is -0.0562. The van der Waals surface area contributed by atoms with Gasteiger partial charge >= 0.3 is 6.09 Å². The fourth-order valence-electron chi connectivity index (χ4n) is 4.21. The first-order chi connectivity index (χ1) is 15.6. The summed E-state index contributed by atoms with van der Waals surface area (Å²) in [6.45, 7) is 7.65. The highest BCUT2D eigenvalue weighted by molar-refractivity contribution is 6.30. The Morgan fingerprint density at radius 2 is 2.00 bits per heavy atom. The van der Waals surface area contributed by atoms with Gasteiger partial charge in [0.15, 0.2) is 5.82 Å². The number of hydrogen-bond donors (Lipinski definition) is 1. The number of carbonyl (C=O) groups is 1. The average molecular weight is 471 g/mol. The van der Waals surface area contributed by atoms with Crippen molar-refractivity contribution in [2.75, 3.05) is 29.9 Å². The molecule has 8 nitrogen and oxygen atoms in total. The number of pyridine rings is 1. The van der Waals surface area contributed by atoms with Gasteiger partial charge in [-0.2, -0.15) is 0 Å². The maximum absolute atomic E-state index is 14.3. The minimum atomic E-state index is -0.524. The number of hydrogen-bond acceptors (Lipinski definition) is 7. The van der Waals surface area contributed by atoms with Crippen LogP contribution in [0.3, 0.4) is 0 Å². The van der Waals surface area contributed by atoms with Gasteiger partial charge in [-0.05, 0) is 57.5 Å². The number of aromatic nitrogens is 3. The van der Waals surface area contributed by atoms with Crippen molar-refractivity contribution in [3.05, 3.63) is 47.5 Å². The van der Waals surface area contributed by atoms with Gasteiger partial charge in [0.25, 0.3) is 0 Å². The first kappa shape index (κ1) is 21.6. The highest BCUT2D eigenvalue weighted by Crippen LogP contribution is 2.42. The van der Waals surface area contributed by atoms with Crippen LogP contribution in [0, 0.1) is 5.82 Å². The van der Waals surface area contributed by atoms with Gasteiger partial charge in [0, 0.05) is 24.7 Å². The summed E-state index contributed by atoms with van der Waals surface area (Å²) in [4.78, 5) is 29.7. The topological polar surface area (TPSA) is 83.5 Å². The third-order valence-corrected chi connectivity index (χ3v) is 6.17. The summed E-state index contributed by atoms with van der Waals surface area (Å²) in [6.07, 6.45) is 2.07. The first-order valence-electron chi connectivity index (χ1n) is 10.7. The first-order valence-corrected chi connectivity index (χ1v) is 11.1. The lowest BCUT2D eigenvalue weighted by Crippen LogP contribution is -2.78. The molecule has 2 aromatic heterocycles. The number of carbonyl (C=O) groups excluding carboxylic acids is 1. The standard InChI is InChI=1S/C23H24ClFN6O2/c1-22(2,3)33-21(32)31-9-8-23(31)11-30(12-23)18-7-6-17-19(29-18)20(27-13-26-17)28-16-5-4-14(24)10-15(16)25/h4-7,10,13H,8-9,11-12H2,1-3H3,(H,26,27,28). The number of nitrogens with one attached hydrogen (secondary N) is 1. The summed E-state index contributed by atoms with van der Waals surface area (Å²) < 4.78 is 19.8. The van der Waals surface area contributed by atoms with Crippen LogP contribution in [0.4, 0.5) is 26.5 Å². The van der Waals surface area contributed by atoms with Crippen LogP contribution in [0.1, 0.15) is 27.2 Å². The number of benzene rings is 1. The Morgan fingerprint density at radius 1 is 1.21 bits per heavy atom. The quantitative estimate of drug-likeness (QED) is 0.590. The van der Waals surface area contributed by atoms with E-state index < -0.39 is 11.4 Å². The van der Waals surface area contributed by atoms with E-state index in [2.05, 4.69) is 20.2 Å². The second-order valence-corrected chi connectivity index (χ2v) is 9.91. The zero-order valence-electron chi connectivity index (χ0n) is 18.6. The Hall–Kier alpha value is -3.20. The molecule has 0 radical (unpaired) electrons. The minimum Gasteiger partial charge on any atom is -0.444 e. The average Bonchev–Trinajstić information content (AvgIpc) is 2.67. The highest BCUT2D eigenvalue weighted by atomic mass is 35.5. The molecule has 0 saturated carbocycles. The van der Waals surface area contributed by atoms with Crippen molar-refractivity contribution < 1.29 is 13.9 Å². The van der Waals surface area contributed by atoms with Crippen molar-refractivity contribution in [3.8, 4) is 0 Å². The summed E-state index contributed by atoms with van der Waals surface area (Å²) in [6, 6.07) is 8.15. The molecule has 2 saturated heterocycles. The number of anilines is 3. The predicted molar refractivity (Wildman–Crippen MR) is 125 cm³/mol. The third-order valence-electron chi connectivity index (χ3n) is 5.93. The van der Waals surface area contributed by atoms with E-state index in [9.17, 15) is 9.18 Å². The van der Waals surface area contributed by atoms with Crippen LogP contribution in [-0.4, -0.2) is 56.7 Å². The lowest BCUT2D eigenvalue weighted by Gasteiger charge is -2.62. The largest absolute Gasteiger partial charge is 0.444 e. The molecule has 3 aromatic rings. The summed E-state index contributed by atoms with van der Waals surface area (Å²) in [5, 5.41) is 3.31. The maximum Gasteiger partial charge on any atom is 0.410 e. The number of amides is 1. The molecule has 1 spiro atoms. The SMILES string of the molecule is CC(C)(C)OC(=O)N1CCC12CN(c1ccc3ncnc(Nc4ccc(Cl)cc4F)c3n1)C2. The van der Waals surface area contributed by atoms with Gasteiger partial charge in [0.05, 0.1) is 16.7 Å². The molecule has 1 amide bonds. The van der Waals surface area contributed by atoms with Gasteiger partial charge in [0.1, 0.15) is 29.1 Å². The molecule has 2 aliphatic rings. The molecule has 1 N–H and O–H groups in total. The van der Waals surface area contributed by atoms with E-state index in [1.807, 2.05) is 37.8 Å². The Kier molecular flexibility index (Phi) is 5.04. The normalized spacial score (nSPS) is 17.0. The smallest absolute Gasteiger partial charge is 0.410 e. The monoisotopic (exact) mass is 470 g/mol. The molecule has 33 heavy (non-hydrogen) atoms. The number of nitrogens with zero attached hydrogens (tertiary/aromatic N) is 5. The second-order valence-electron chi connectivity index (χ2n) is 9.47. The Morgan fingerprint density at radius 3 is 2.67 bits per heavy atom. The summed E-state index contributed by atoms with van der Waals surface area (Å²) in [5.74, 6) is 0.665. The van der Waals surface area contributed by atoms with Gasteiger partial charge < -0.3 is 15.0 Å². The minimum absolute atomic E-state index is 0.209. The zero-order chi connectivity index (χ0) is 23.4. The van der Waals surface area contributed by atoms with Crippen LogP contribution >= 0.6 is 11.6 Å². The summed E-state index contributed by atoms with van der Waals surface area (Å²) in [5.41, 5.74) is 0.684. The predicted octanol–water partition coefficient (Wildman–Crippen LogP) is 4.76. The van der Waals surface area contributed by atoms with Crippen molar-refractivity contribution in [1.29, 1.82) is 0 Å². The third kappa shape index (κ3) is 4.01. The van der Waals surface area contributed by atoms with Crippen LogP contribution in [0.15, 0.2) is 36.7 Å². The van der Waals surface area contributed by atoms with Crippen LogP contribution in [0.2, 0.25) is 5.02 Å². The summed E-state index contributed by atoms with van der Waals surface area (Å²) in [7, 11) is 0. The molecular formula is C23H24ClFN6O2. The molecule has 2 fully saturated rings. The number of likely N-dealkylation sites (tertiary alicyclic amines) is 1. The van der Waals surface area contributed by atoms with Crippen LogP contribution in [-0.2, 0) is 4.74 Å². The van der Waals surface area contributed by atoms with E-state index in [1.54, 1.807) is 12.1 Å². The fourth-order valence-corrected chi connectivity index (χ4v) is 4.37. The van der Waals surface area contributed by atoms with Crippen molar-refractivity contribution in [2.45, 2.75) is 38.3 Å². The van der Waals surface area contributed by atoms with Crippen LogP contribution in [0.5, 0.6) is 0 Å². The zero-order valence-corrected chi connectivity index (χ0v) is 19.4. The molecule has 172 valence electrons. The van der Waals surface area contributed by atoms with E-state index >= 15 is 0 Å². The van der Waals surface area contributed by atoms with Gasteiger partial charge in [-0.15, -0.1) is 0 Å². The van der Waals surface area contributed by atoms with Crippen LogP contribution in [0.25, 0.3) is 11.0 Å². The number of halogens is 2. The number of rotatable bonds is 3. The Labute approximate surface area is 195 Å². The molecular weight excluding hydrogens is 447 g/mol. The van der Waals surface area contributed by atoms with E-state index in [0.717, 1.165) is 12.2 Å². The fraction of sp³-hybridized carbons (Fsp3) is 0.391. The number of fused-ring (bicyclic) bond motifs is 1. The molecule has 4 heterocycles. The van der Waals surface area contributed by atoms with Gasteiger partial charge in [-0.25, -0.2) is 24.1 Å². The molecule has 1 aromatic carbocycles. The lowest BCUT2D eigenvalue weighted by atomic mass is 9.78. The van der Waals surface area contributed by atoms with Crippen LogP contribution < -0.4 is 10.2 Å². The molecule has 2 aliphatic heterocycles. The number of ether oxygens (including phenoxy) is 1. The van der Waals surface area contributed by atoms with Gasteiger partial charge in [0.2, 0.25) is 0 Å². The molecule has 0 atom stereocenters. The van der Waals surface area contributed by atoms with Crippen molar-refractivity contribution in [3.63, 3.8) is 0 Å². The maximum atomic E-state index is 14.3. The molecule has 0 unspecified atom stereocenters. The Balaban J connectivity index is 1.35. The van der Waals surface area contributed by atoms with E-state index in [-0.39, 0.29) is 17.3 Å². The highest BCUT2D eigenvalue weighted by Gasteiger charge is 2.56. The van der Waals surface area contributed by atoms with Crippen molar-refractivity contribution >= 4 is 46.1 Å². The Bertz CT molecular complexity index is 1240. The molecule has 10 heteroatoms. The van der Waals surface area contributed by atoms with Crippen molar-refractivity contribution in [2.24, 2.45) is 0 Å². The molecule has 5 rings (SSSR count). The van der Waals surface area contributed by atoms with E-state index in [0.29, 0.717) is 41.5 Å². The van der Waals surface area contributed by atoms with E-state index in [1.165, 1.54) is 12.4 Å². The van der Waals surface area contributed by atoms with E-state index in [4.69, 9.17) is 21.3 Å².